The normalized spacial score (nSPS) is 15.5. The van der Waals surface area contributed by atoms with E-state index in [1.54, 1.807) is 0 Å². The molecule has 0 amide bonds. The van der Waals surface area contributed by atoms with Crippen molar-refractivity contribution in [2.24, 2.45) is 0 Å². The smallest absolute Gasteiger partial charge is 0.314 e. The molecule has 22 heavy (non-hydrogen) atoms. The van der Waals surface area contributed by atoms with Gasteiger partial charge in [0.15, 0.2) is 16.6 Å². The zero-order chi connectivity index (χ0) is 18.2. The Kier molecular flexibility index (Phi) is 8.58. The van der Waals surface area contributed by atoms with Crippen LogP contribution < -0.4 is 0 Å². The van der Waals surface area contributed by atoms with E-state index in [1.807, 2.05) is 13.1 Å². The minimum Gasteiger partial charge on any atom is -0.437 e. The lowest BCUT2D eigenvalue weighted by molar-refractivity contribution is 0.384. The standard InChI is InChI=1S/C11H30Cl4O2Si5/c1-18(2,3)16-20(7,17-19(4,5)6)10-11(21(8,12)13)22(9,14)15/h11H,10H2,1-9H3. The van der Waals surface area contributed by atoms with E-state index in [4.69, 9.17) is 52.5 Å². The molecule has 0 fully saturated rings. The van der Waals surface area contributed by atoms with E-state index in [2.05, 4.69) is 45.8 Å². The zero-order valence-electron chi connectivity index (χ0n) is 15.1. The Morgan fingerprint density at radius 3 is 1.09 bits per heavy atom. The first-order chi connectivity index (χ1) is 9.25. The van der Waals surface area contributed by atoms with Gasteiger partial charge in [0, 0.05) is 5.16 Å². The number of hydrogen-bond acceptors (Lipinski definition) is 2. The van der Waals surface area contributed by atoms with Crippen LogP contribution in [0.25, 0.3) is 0 Å². The Morgan fingerprint density at radius 2 is 0.909 bits per heavy atom. The first-order valence-corrected chi connectivity index (χ1v) is 26.0. The molecule has 0 aromatic heterocycles. The van der Waals surface area contributed by atoms with Gasteiger partial charge in [0.2, 0.25) is 0 Å². The van der Waals surface area contributed by atoms with Crippen LogP contribution in [0.5, 0.6) is 0 Å². The summed E-state index contributed by atoms with van der Waals surface area (Å²) in [6.45, 7) is 13.9. The van der Waals surface area contributed by atoms with E-state index in [9.17, 15) is 0 Å². The molecular formula is C11H30Cl4O2Si5. The molecule has 0 aliphatic rings. The molecule has 0 heterocycles. The van der Waals surface area contributed by atoms with Crippen LogP contribution in [0.4, 0.5) is 0 Å². The summed E-state index contributed by atoms with van der Waals surface area (Å²) in [4.78, 5) is 0. The Labute approximate surface area is 160 Å². The molecular weight excluding hydrogens is 446 g/mol. The minimum absolute atomic E-state index is 0.0731. The lowest BCUT2D eigenvalue weighted by atomic mass is 10.9. The van der Waals surface area contributed by atoms with Crippen LogP contribution in [0.3, 0.4) is 0 Å². The van der Waals surface area contributed by atoms with Crippen molar-refractivity contribution in [1.29, 1.82) is 0 Å². The largest absolute Gasteiger partial charge is 0.437 e. The number of hydrogen-bond donors (Lipinski definition) is 0. The van der Waals surface area contributed by atoms with Gasteiger partial charge in [-0.15, -0.1) is 44.3 Å². The summed E-state index contributed by atoms with van der Waals surface area (Å²) in [5.41, 5.74) is 0. The average Bonchev–Trinajstić information content (AvgIpc) is 2.03. The molecule has 0 atom stereocenters. The average molecular weight is 477 g/mol. The molecule has 0 bridgehead atoms. The van der Waals surface area contributed by atoms with E-state index >= 15 is 0 Å². The maximum absolute atomic E-state index is 6.54. The highest BCUT2D eigenvalue weighted by Gasteiger charge is 2.53. The second kappa shape index (κ2) is 7.81. The number of rotatable bonds is 8. The van der Waals surface area contributed by atoms with E-state index in [1.165, 1.54) is 0 Å². The molecule has 0 unspecified atom stereocenters. The third kappa shape index (κ3) is 10.2. The molecule has 11 heteroatoms. The predicted molar refractivity (Wildman–Crippen MR) is 116 cm³/mol. The molecule has 0 aliphatic carbocycles. The highest BCUT2D eigenvalue weighted by atomic mass is 35.7. The van der Waals surface area contributed by atoms with Gasteiger partial charge in [-0.2, -0.15) is 0 Å². The molecule has 2 nitrogen and oxygen atoms in total. The first-order valence-electron chi connectivity index (χ1n) is 7.41. The molecule has 0 N–H and O–H groups in total. The van der Waals surface area contributed by atoms with E-state index in [-0.39, 0.29) is 5.16 Å². The lowest BCUT2D eigenvalue weighted by Gasteiger charge is -2.42. The summed E-state index contributed by atoms with van der Waals surface area (Å²) >= 11 is 26.1. The van der Waals surface area contributed by atoms with Crippen LogP contribution in [0.15, 0.2) is 0 Å². The van der Waals surface area contributed by atoms with Crippen LogP contribution in [0, 0.1) is 0 Å². The molecule has 0 aromatic rings. The highest BCUT2D eigenvalue weighted by Crippen LogP contribution is 2.47. The predicted octanol–water partition coefficient (Wildman–Crippen LogP) is 6.77. The topological polar surface area (TPSA) is 18.5 Å². The third-order valence-corrected chi connectivity index (χ3v) is 24.8. The fourth-order valence-electron chi connectivity index (χ4n) is 2.57. The van der Waals surface area contributed by atoms with Crippen molar-refractivity contribution in [3.8, 4) is 0 Å². The molecule has 0 aliphatic heterocycles. The van der Waals surface area contributed by atoms with Crippen molar-refractivity contribution in [3.63, 3.8) is 0 Å². The highest BCUT2D eigenvalue weighted by molar-refractivity contribution is 7.57. The van der Waals surface area contributed by atoms with E-state index < -0.39 is 38.6 Å². The fourth-order valence-corrected chi connectivity index (χ4v) is 36.2. The Hall–Kier alpha value is 2.16. The van der Waals surface area contributed by atoms with Crippen LogP contribution in [0.2, 0.25) is 70.1 Å². The van der Waals surface area contributed by atoms with Crippen molar-refractivity contribution in [2.45, 2.75) is 70.1 Å². The van der Waals surface area contributed by atoms with Gasteiger partial charge in [-0.1, -0.05) is 0 Å². The maximum atomic E-state index is 6.54. The van der Waals surface area contributed by atoms with Gasteiger partial charge in [-0.25, -0.2) is 0 Å². The lowest BCUT2D eigenvalue weighted by Crippen LogP contribution is -2.55. The number of halogens is 4. The molecule has 0 rings (SSSR count). The molecule has 134 valence electrons. The van der Waals surface area contributed by atoms with Crippen LogP contribution >= 0.6 is 44.3 Å². The summed E-state index contributed by atoms with van der Waals surface area (Å²) < 4.78 is 13.0. The molecule has 0 spiro atoms. The first kappa shape index (κ1) is 24.2. The van der Waals surface area contributed by atoms with Crippen LogP contribution in [-0.4, -0.2) is 38.6 Å². The zero-order valence-corrected chi connectivity index (χ0v) is 23.1. The molecule has 0 aromatic carbocycles. The van der Waals surface area contributed by atoms with Gasteiger partial charge in [0.05, 0.1) is 0 Å². The second-order valence-corrected chi connectivity index (χ2v) is 37.4. The van der Waals surface area contributed by atoms with Gasteiger partial charge < -0.3 is 8.23 Å². The van der Waals surface area contributed by atoms with Crippen molar-refractivity contribution >= 4 is 82.9 Å². The molecule has 0 radical (unpaired) electrons. The van der Waals surface area contributed by atoms with Gasteiger partial charge in [-0.05, 0) is 65.0 Å². The SMILES string of the molecule is C[Si](C)(C)O[Si](C)(CC([Si](C)(Cl)Cl)[Si](C)(Cl)Cl)O[Si](C)(C)C. The molecule has 0 saturated heterocycles. The maximum Gasteiger partial charge on any atom is 0.314 e. The summed E-state index contributed by atoms with van der Waals surface area (Å²) in [5, 5.41) is -0.0731. The fraction of sp³-hybridized carbons (Fsp3) is 1.00. The summed E-state index contributed by atoms with van der Waals surface area (Å²) in [5.74, 6) is 0. The Bertz CT molecular complexity index is 341. The minimum atomic E-state index is -2.53. The summed E-state index contributed by atoms with van der Waals surface area (Å²) in [7, 11) is -5.97. The van der Waals surface area contributed by atoms with Gasteiger partial charge in [-0.3, -0.25) is 0 Å². The van der Waals surface area contributed by atoms with Gasteiger partial charge in [0.1, 0.15) is 0 Å². The van der Waals surface area contributed by atoms with Crippen molar-refractivity contribution in [3.05, 3.63) is 0 Å². The van der Waals surface area contributed by atoms with Crippen molar-refractivity contribution in [1.82, 2.24) is 0 Å². The van der Waals surface area contributed by atoms with Crippen molar-refractivity contribution < 1.29 is 8.23 Å². The molecule has 0 saturated carbocycles. The second-order valence-electron chi connectivity index (χ2n) is 8.23. The van der Waals surface area contributed by atoms with E-state index in [0.717, 1.165) is 0 Å². The summed E-state index contributed by atoms with van der Waals surface area (Å²) in [6.07, 6.45) is 0. The monoisotopic (exact) mass is 474 g/mol. The Morgan fingerprint density at radius 1 is 0.636 bits per heavy atom. The van der Waals surface area contributed by atoms with Gasteiger partial charge >= 0.3 is 8.56 Å². The quantitative estimate of drug-likeness (QED) is 0.284. The Balaban J connectivity index is 5.60. The van der Waals surface area contributed by atoms with E-state index in [0.29, 0.717) is 6.04 Å². The van der Waals surface area contributed by atoms with Crippen LogP contribution in [-0.2, 0) is 8.23 Å². The van der Waals surface area contributed by atoms with Gasteiger partial charge in [0.25, 0.3) is 13.4 Å². The third-order valence-electron chi connectivity index (χ3n) is 2.84. The van der Waals surface area contributed by atoms with Crippen molar-refractivity contribution in [2.75, 3.05) is 0 Å². The van der Waals surface area contributed by atoms with Crippen LogP contribution in [0.1, 0.15) is 0 Å². The summed E-state index contributed by atoms with van der Waals surface area (Å²) in [6, 6.07) is 0.687.